The van der Waals surface area contributed by atoms with Crippen LogP contribution in [0.15, 0.2) is 23.4 Å². The van der Waals surface area contributed by atoms with Gasteiger partial charge in [-0.15, -0.1) is 0 Å². The number of urea groups is 1. The van der Waals surface area contributed by atoms with Crippen molar-refractivity contribution < 1.29 is 10.0 Å². The van der Waals surface area contributed by atoms with E-state index >= 15 is 0 Å². The molecule has 6 nitrogen and oxygen atoms in total. The number of hydrazine groups is 1. The number of anilines is 1. The summed E-state index contributed by atoms with van der Waals surface area (Å²) in [5, 5.41) is 15.2. The summed E-state index contributed by atoms with van der Waals surface area (Å²) in [7, 11) is 0. The fourth-order valence-electron chi connectivity index (χ4n) is 1.16. The number of carbonyl (C=O) groups is 1. The maximum Gasteiger partial charge on any atom is 0.333 e. The molecular weight excluding hydrogens is 303 g/mol. The van der Waals surface area contributed by atoms with Gasteiger partial charge in [-0.2, -0.15) is 0 Å². The van der Waals surface area contributed by atoms with Crippen LogP contribution in [0.25, 0.3) is 0 Å². The lowest BCUT2D eigenvalue weighted by Crippen LogP contribution is -2.55. The molecule has 0 spiro atoms. The Kier molecular flexibility index (Phi) is 5.62. The molecule has 0 aliphatic heterocycles. The zero-order valence-corrected chi connectivity index (χ0v) is 12.8. The Hall–Kier alpha value is -1.50. The van der Waals surface area contributed by atoms with Crippen molar-refractivity contribution in [2.45, 2.75) is 26.3 Å². The average Bonchev–Trinajstić information content (AvgIpc) is 2.40. The smallest absolute Gasteiger partial charge is 0.333 e. The van der Waals surface area contributed by atoms with Gasteiger partial charge in [0, 0.05) is 5.69 Å². The fourth-order valence-corrected chi connectivity index (χ4v) is 1.46. The number of nitrogens with zero attached hydrogens (tertiary/aromatic N) is 1. The second-order valence-corrected chi connectivity index (χ2v) is 5.46. The minimum atomic E-state index is -0.691. The van der Waals surface area contributed by atoms with E-state index in [9.17, 15) is 4.79 Å². The zero-order valence-electron chi connectivity index (χ0n) is 11.3. The van der Waals surface area contributed by atoms with Crippen LogP contribution in [-0.2, 0) is 0 Å². The molecule has 20 heavy (non-hydrogen) atoms. The molecule has 0 bridgehead atoms. The molecule has 0 aliphatic rings. The van der Waals surface area contributed by atoms with Crippen molar-refractivity contribution in [1.29, 1.82) is 0 Å². The highest BCUT2D eigenvalue weighted by Gasteiger charge is 2.22. The number of hydrogen-bond acceptors (Lipinski definition) is 4. The Labute approximate surface area is 127 Å². The van der Waals surface area contributed by atoms with E-state index < -0.39 is 11.6 Å². The molecule has 1 aromatic carbocycles. The van der Waals surface area contributed by atoms with Gasteiger partial charge in [-0.25, -0.2) is 10.2 Å². The fraction of sp³-hybridized carbons (Fsp3) is 0.333. The van der Waals surface area contributed by atoms with Gasteiger partial charge in [-0.3, -0.25) is 5.43 Å². The maximum absolute atomic E-state index is 11.7. The van der Waals surface area contributed by atoms with E-state index in [1.807, 2.05) is 0 Å². The number of nitrogens with one attached hydrogen (secondary N) is 3. The summed E-state index contributed by atoms with van der Waals surface area (Å²) in [6.45, 7) is 5.13. The monoisotopic (exact) mass is 318 g/mol. The first-order valence-electron chi connectivity index (χ1n) is 5.74. The van der Waals surface area contributed by atoms with Crippen LogP contribution in [-0.4, -0.2) is 22.5 Å². The lowest BCUT2D eigenvalue weighted by Gasteiger charge is -2.25. The third kappa shape index (κ3) is 4.56. The molecule has 8 heteroatoms. The first kappa shape index (κ1) is 16.6. The van der Waals surface area contributed by atoms with Crippen LogP contribution in [0.5, 0.6) is 0 Å². The van der Waals surface area contributed by atoms with Crippen molar-refractivity contribution in [3.63, 3.8) is 0 Å². The highest BCUT2D eigenvalue weighted by atomic mass is 35.5. The lowest BCUT2D eigenvalue weighted by atomic mass is 10.0. The van der Waals surface area contributed by atoms with E-state index in [2.05, 4.69) is 21.3 Å². The maximum atomic E-state index is 11.7. The van der Waals surface area contributed by atoms with Crippen molar-refractivity contribution in [2.75, 3.05) is 5.32 Å². The number of carbonyl (C=O) groups excluding carboxylic acids is 1. The molecule has 0 radical (unpaired) electrons. The van der Waals surface area contributed by atoms with Gasteiger partial charge in [-0.1, -0.05) is 28.4 Å². The van der Waals surface area contributed by atoms with Crippen LogP contribution < -0.4 is 16.2 Å². The van der Waals surface area contributed by atoms with Crippen molar-refractivity contribution in [1.82, 2.24) is 10.9 Å². The molecular formula is C12H16Cl2N4O2. The second kappa shape index (κ2) is 6.78. The van der Waals surface area contributed by atoms with Crippen molar-refractivity contribution >= 4 is 40.6 Å². The van der Waals surface area contributed by atoms with Gasteiger partial charge in [0.25, 0.3) is 0 Å². The SMILES string of the molecule is C/C(=N/O)C(C)(C)NNC(=O)Nc1ccc(Cl)c(Cl)c1. The van der Waals surface area contributed by atoms with Gasteiger partial charge in [0.15, 0.2) is 0 Å². The van der Waals surface area contributed by atoms with Gasteiger partial charge in [0.2, 0.25) is 0 Å². The van der Waals surface area contributed by atoms with Gasteiger partial charge in [0.1, 0.15) is 0 Å². The number of benzene rings is 1. The molecule has 0 atom stereocenters. The number of oxime groups is 1. The van der Waals surface area contributed by atoms with E-state index in [1.54, 1.807) is 32.9 Å². The molecule has 0 fully saturated rings. The lowest BCUT2D eigenvalue weighted by molar-refractivity contribution is 0.243. The van der Waals surface area contributed by atoms with Crippen LogP contribution in [0.1, 0.15) is 20.8 Å². The molecule has 0 saturated heterocycles. The summed E-state index contributed by atoms with van der Waals surface area (Å²) in [6.07, 6.45) is 0. The standard InChI is InChI=1S/C12H16Cl2N4O2/c1-7(17-20)12(2,3)18-16-11(19)15-8-4-5-9(13)10(14)6-8/h4-6,18,20H,1-3H3,(H2,15,16,19)/b17-7-. The highest BCUT2D eigenvalue weighted by Crippen LogP contribution is 2.24. The number of rotatable bonds is 4. The summed E-state index contributed by atoms with van der Waals surface area (Å²) in [5.74, 6) is 0. The minimum absolute atomic E-state index is 0.348. The van der Waals surface area contributed by atoms with Crippen molar-refractivity contribution in [3.05, 3.63) is 28.2 Å². The average molecular weight is 319 g/mol. The minimum Gasteiger partial charge on any atom is -0.411 e. The Morgan fingerprint density at radius 1 is 1.30 bits per heavy atom. The molecule has 110 valence electrons. The molecule has 0 aromatic heterocycles. The molecule has 0 unspecified atom stereocenters. The summed E-state index contributed by atoms with van der Waals surface area (Å²) in [4.78, 5) is 11.7. The largest absolute Gasteiger partial charge is 0.411 e. The molecule has 0 heterocycles. The Bertz CT molecular complexity index is 532. The van der Waals surface area contributed by atoms with Crippen LogP contribution in [0.3, 0.4) is 0 Å². The van der Waals surface area contributed by atoms with Crippen molar-refractivity contribution in [2.24, 2.45) is 5.16 Å². The van der Waals surface area contributed by atoms with Crippen LogP contribution in [0.4, 0.5) is 10.5 Å². The van der Waals surface area contributed by atoms with Crippen molar-refractivity contribution in [3.8, 4) is 0 Å². The van der Waals surface area contributed by atoms with Crippen LogP contribution in [0, 0.1) is 0 Å². The molecule has 1 rings (SSSR count). The number of halogens is 2. The third-order valence-corrected chi connectivity index (χ3v) is 3.46. The van der Waals surface area contributed by atoms with Gasteiger partial charge in [0.05, 0.1) is 21.3 Å². The molecule has 0 aliphatic carbocycles. The van der Waals surface area contributed by atoms with Gasteiger partial charge < -0.3 is 10.5 Å². The topological polar surface area (TPSA) is 85.8 Å². The summed E-state index contributed by atoms with van der Waals surface area (Å²) in [5.41, 5.74) is 5.43. The molecule has 0 saturated carbocycles. The zero-order chi connectivity index (χ0) is 15.3. The predicted octanol–water partition coefficient (Wildman–Crippen LogP) is 3.25. The quantitative estimate of drug-likeness (QED) is 0.390. The summed E-state index contributed by atoms with van der Waals surface area (Å²) < 4.78 is 0. The van der Waals surface area contributed by atoms with Crippen LogP contribution in [0.2, 0.25) is 10.0 Å². The highest BCUT2D eigenvalue weighted by molar-refractivity contribution is 6.42. The van der Waals surface area contributed by atoms with Crippen LogP contribution >= 0.6 is 23.2 Å². The second-order valence-electron chi connectivity index (χ2n) is 4.64. The van der Waals surface area contributed by atoms with Gasteiger partial charge in [-0.05, 0) is 39.0 Å². The summed E-state index contributed by atoms with van der Waals surface area (Å²) >= 11 is 11.6. The Balaban J connectivity index is 2.58. The first-order valence-corrected chi connectivity index (χ1v) is 6.50. The molecule has 2 amide bonds. The van der Waals surface area contributed by atoms with E-state index in [-0.39, 0.29) is 0 Å². The van der Waals surface area contributed by atoms with E-state index in [0.29, 0.717) is 21.4 Å². The third-order valence-electron chi connectivity index (χ3n) is 2.72. The van der Waals surface area contributed by atoms with Gasteiger partial charge >= 0.3 is 6.03 Å². The first-order chi connectivity index (χ1) is 9.26. The Morgan fingerprint density at radius 2 is 1.95 bits per heavy atom. The van der Waals surface area contributed by atoms with E-state index in [1.165, 1.54) is 6.07 Å². The molecule has 4 N–H and O–H groups in total. The van der Waals surface area contributed by atoms with E-state index in [4.69, 9.17) is 28.4 Å². The summed E-state index contributed by atoms with van der Waals surface area (Å²) in [6, 6.07) is 4.26. The number of amides is 2. The molecule has 1 aromatic rings. The normalized spacial score (nSPS) is 12.2. The predicted molar refractivity (Wildman–Crippen MR) is 80.7 cm³/mol. The van der Waals surface area contributed by atoms with E-state index in [0.717, 1.165) is 0 Å². The number of hydrogen-bond donors (Lipinski definition) is 4. The Morgan fingerprint density at radius 3 is 2.50 bits per heavy atom.